The van der Waals surface area contributed by atoms with Crippen LogP contribution < -0.4 is 15.8 Å². The molecule has 0 saturated heterocycles. The first kappa shape index (κ1) is 16.1. The summed E-state index contributed by atoms with van der Waals surface area (Å²) >= 11 is 0. The van der Waals surface area contributed by atoms with Crippen LogP contribution in [0.1, 0.15) is 32.8 Å². The van der Waals surface area contributed by atoms with Crippen molar-refractivity contribution >= 4 is 11.6 Å². The molecule has 1 aromatic rings. The van der Waals surface area contributed by atoms with E-state index in [9.17, 15) is 4.79 Å². The average Bonchev–Trinajstić information content (AvgIpc) is 2.41. The van der Waals surface area contributed by atoms with Crippen LogP contribution in [0.25, 0.3) is 0 Å². The number of hydrogen-bond donors (Lipinski definition) is 2. The molecule has 0 aliphatic heterocycles. The van der Waals surface area contributed by atoms with Crippen molar-refractivity contribution in [2.75, 3.05) is 5.73 Å². The lowest BCUT2D eigenvalue weighted by Gasteiger charge is -2.19. The molecular formula is C16H24N2O2. The predicted molar refractivity (Wildman–Crippen MR) is 82.7 cm³/mol. The summed E-state index contributed by atoms with van der Waals surface area (Å²) in [5, 5.41) is 2.90. The first-order valence-corrected chi connectivity index (χ1v) is 6.94. The van der Waals surface area contributed by atoms with Gasteiger partial charge in [-0.2, -0.15) is 0 Å². The molecule has 20 heavy (non-hydrogen) atoms. The van der Waals surface area contributed by atoms with E-state index >= 15 is 0 Å². The van der Waals surface area contributed by atoms with Crippen LogP contribution in [0, 0.1) is 0 Å². The summed E-state index contributed by atoms with van der Waals surface area (Å²) in [6.45, 7) is 9.45. The molecule has 0 saturated carbocycles. The van der Waals surface area contributed by atoms with Gasteiger partial charge < -0.3 is 15.8 Å². The monoisotopic (exact) mass is 276 g/mol. The molecule has 2 atom stereocenters. The van der Waals surface area contributed by atoms with Gasteiger partial charge in [0.2, 0.25) is 0 Å². The molecule has 1 rings (SSSR count). The number of hydrogen-bond acceptors (Lipinski definition) is 3. The van der Waals surface area contributed by atoms with Crippen LogP contribution >= 0.6 is 0 Å². The Morgan fingerprint density at radius 3 is 2.80 bits per heavy atom. The van der Waals surface area contributed by atoms with E-state index in [2.05, 4.69) is 11.9 Å². The quantitative estimate of drug-likeness (QED) is 0.594. The second-order valence-corrected chi connectivity index (χ2v) is 4.94. The van der Waals surface area contributed by atoms with Crippen LogP contribution in [0.5, 0.6) is 5.75 Å². The Morgan fingerprint density at radius 1 is 1.50 bits per heavy atom. The van der Waals surface area contributed by atoms with Crippen LogP contribution in [0.4, 0.5) is 5.69 Å². The first-order valence-electron chi connectivity index (χ1n) is 6.94. The highest BCUT2D eigenvalue weighted by molar-refractivity contribution is 5.81. The van der Waals surface area contributed by atoms with Gasteiger partial charge in [-0.05, 0) is 50.5 Å². The van der Waals surface area contributed by atoms with Gasteiger partial charge in [0.1, 0.15) is 5.75 Å². The third kappa shape index (κ3) is 4.61. The van der Waals surface area contributed by atoms with Gasteiger partial charge in [-0.3, -0.25) is 4.79 Å². The van der Waals surface area contributed by atoms with Crippen molar-refractivity contribution in [2.45, 2.75) is 45.8 Å². The van der Waals surface area contributed by atoms with Crippen molar-refractivity contribution in [3.63, 3.8) is 0 Å². The van der Waals surface area contributed by atoms with Crippen LogP contribution in [0.2, 0.25) is 0 Å². The summed E-state index contributed by atoms with van der Waals surface area (Å²) in [6, 6.07) is 5.55. The maximum absolute atomic E-state index is 12.0. The highest BCUT2D eigenvalue weighted by Gasteiger charge is 2.17. The Labute approximate surface area is 121 Å². The third-order valence-corrected chi connectivity index (χ3v) is 3.12. The SMILES string of the molecule is C=CCc1cc(N)ccc1OC(C)C(=O)NC(C)CC. The maximum atomic E-state index is 12.0. The van der Waals surface area contributed by atoms with Crippen molar-refractivity contribution in [3.05, 3.63) is 36.4 Å². The van der Waals surface area contributed by atoms with Crippen LogP contribution in [-0.4, -0.2) is 18.1 Å². The van der Waals surface area contributed by atoms with Crippen LogP contribution in [0.15, 0.2) is 30.9 Å². The Bertz CT molecular complexity index is 472. The number of ether oxygens (including phenoxy) is 1. The summed E-state index contributed by atoms with van der Waals surface area (Å²) < 4.78 is 5.74. The lowest BCUT2D eigenvalue weighted by molar-refractivity contribution is -0.127. The fraction of sp³-hybridized carbons (Fsp3) is 0.438. The normalized spacial score (nSPS) is 13.3. The highest BCUT2D eigenvalue weighted by atomic mass is 16.5. The van der Waals surface area contributed by atoms with Gasteiger partial charge >= 0.3 is 0 Å². The Balaban J connectivity index is 2.76. The second-order valence-electron chi connectivity index (χ2n) is 4.94. The van der Waals surface area contributed by atoms with Gasteiger partial charge in [0.25, 0.3) is 5.91 Å². The first-order chi connectivity index (χ1) is 9.47. The van der Waals surface area contributed by atoms with Crippen molar-refractivity contribution in [2.24, 2.45) is 0 Å². The van der Waals surface area contributed by atoms with Gasteiger partial charge in [0.05, 0.1) is 0 Å². The molecular weight excluding hydrogens is 252 g/mol. The highest BCUT2D eigenvalue weighted by Crippen LogP contribution is 2.23. The fourth-order valence-corrected chi connectivity index (χ4v) is 1.74. The van der Waals surface area contributed by atoms with Crippen molar-refractivity contribution in [3.8, 4) is 5.75 Å². The average molecular weight is 276 g/mol. The fourth-order valence-electron chi connectivity index (χ4n) is 1.74. The molecule has 1 aromatic carbocycles. The van der Waals surface area contributed by atoms with E-state index in [0.29, 0.717) is 17.9 Å². The summed E-state index contributed by atoms with van der Waals surface area (Å²) in [4.78, 5) is 12.0. The molecule has 0 fully saturated rings. The topological polar surface area (TPSA) is 64.3 Å². The minimum Gasteiger partial charge on any atom is -0.481 e. The Kier molecular flexibility index (Phi) is 6.10. The molecule has 1 amide bonds. The zero-order chi connectivity index (χ0) is 15.1. The largest absolute Gasteiger partial charge is 0.481 e. The third-order valence-electron chi connectivity index (χ3n) is 3.12. The van der Waals surface area contributed by atoms with E-state index in [1.54, 1.807) is 25.1 Å². The van der Waals surface area contributed by atoms with Crippen LogP contribution in [-0.2, 0) is 11.2 Å². The molecule has 0 aliphatic rings. The number of carbonyl (C=O) groups excluding carboxylic acids is 1. The maximum Gasteiger partial charge on any atom is 0.260 e. The Morgan fingerprint density at radius 2 is 2.20 bits per heavy atom. The lowest BCUT2D eigenvalue weighted by atomic mass is 10.1. The van der Waals surface area contributed by atoms with Gasteiger partial charge in [-0.25, -0.2) is 0 Å². The van der Waals surface area contributed by atoms with E-state index in [1.807, 2.05) is 19.9 Å². The van der Waals surface area contributed by atoms with Gasteiger partial charge in [-0.1, -0.05) is 13.0 Å². The molecule has 2 unspecified atom stereocenters. The summed E-state index contributed by atoms with van der Waals surface area (Å²) in [5.74, 6) is 0.562. The van der Waals surface area contributed by atoms with Crippen molar-refractivity contribution in [1.29, 1.82) is 0 Å². The standard InChI is InChI=1S/C16H24N2O2/c1-5-7-13-10-14(17)8-9-15(13)20-12(4)16(19)18-11(3)6-2/h5,8-12H,1,6-7,17H2,2-4H3,(H,18,19). The molecule has 3 N–H and O–H groups in total. The minimum atomic E-state index is -0.545. The number of rotatable bonds is 7. The second kappa shape index (κ2) is 7.58. The van der Waals surface area contributed by atoms with E-state index in [-0.39, 0.29) is 11.9 Å². The van der Waals surface area contributed by atoms with E-state index in [4.69, 9.17) is 10.5 Å². The molecule has 0 heterocycles. The molecule has 0 aliphatic carbocycles. The molecule has 0 spiro atoms. The summed E-state index contributed by atoms with van der Waals surface area (Å²) in [5.41, 5.74) is 7.37. The zero-order valence-electron chi connectivity index (χ0n) is 12.5. The van der Waals surface area contributed by atoms with Crippen molar-refractivity contribution < 1.29 is 9.53 Å². The molecule has 4 nitrogen and oxygen atoms in total. The smallest absolute Gasteiger partial charge is 0.260 e. The van der Waals surface area contributed by atoms with Gasteiger partial charge in [0.15, 0.2) is 6.10 Å². The number of allylic oxidation sites excluding steroid dienone is 1. The molecule has 110 valence electrons. The number of benzene rings is 1. The van der Waals surface area contributed by atoms with E-state index in [0.717, 1.165) is 12.0 Å². The number of nitrogens with two attached hydrogens (primary N) is 1. The van der Waals surface area contributed by atoms with E-state index in [1.165, 1.54) is 0 Å². The summed E-state index contributed by atoms with van der Waals surface area (Å²) in [6.07, 6.45) is 2.78. The summed E-state index contributed by atoms with van der Waals surface area (Å²) in [7, 11) is 0. The lowest BCUT2D eigenvalue weighted by Crippen LogP contribution is -2.41. The van der Waals surface area contributed by atoms with Gasteiger partial charge in [-0.15, -0.1) is 6.58 Å². The molecule has 0 bridgehead atoms. The van der Waals surface area contributed by atoms with Crippen LogP contribution in [0.3, 0.4) is 0 Å². The van der Waals surface area contributed by atoms with Gasteiger partial charge in [0, 0.05) is 11.7 Å². The predicted octanol–water partition coefficient (Wildman–Crippen LogP) is 2.68. The van der Waals surface area contributed by atoms with E-state index < -0.39 is 6.10 Å². The zero-order valence-corrected chi connectivity index (χ0v) is 12.5. The molecule has 0 aromatic heterocycles. The number of anilines is 1. The molecule has 4 heteroatoms. The molecule has 0 radical (unpaired) electrons. The minimum absolute atomic E-state index is 0.110. The number of nitrogen functional groups attached to an aromatic ring is 1. The Hall–Kier alpha value is -1.97. The van der Waals surface area contributed by atoms with Crippen molar-refractivity contribution in [1.82, 2.24) is 5.32 Å². The number of nitrogens with one attached hydrogen (secondary N) is 1. The number of carbonyl (C=O) groups is 1. The number of amides is 1.